The van der Waals surface area contributed by atoms with Crippen molar-refractivity contribution in [2.24, 2.45) is 5.41 Å². The standard InChI is InChI=1S/C13H29NO/c1-6-8-12(3)15-11-13(4,5)10-14-9-7-2/h12,14H,6-11H2,1-5H3. The summed E-state index contributed by atoms with van der Waals surface area (Å²) in [5.74, 6) is 0. The van der Waals surface area contributed by atoms with Gasteiger partial charge < -0.3 is 10.1 Å². The summed E-state index contributed by atoms with van der Waals surface area (Å²) < 4.78 is 5.84. The summed E-state index contributed by atoms with van der Waals surface area (Å²) in [5, 5.41) is 3.45. The van der Waals surface area contributed by atoms with Crippen LogP contribution in [0.4, 0.5) is 0 Å². The molecular weight excluding hydrogens is 186 g/mol. The van der Waals surface area contributed by atoms with Crippen molar-refractivity contribution in [3.05, 3.63) is 0 Å². The zero-order chi connectivity index (χ0) is 11.7. The molecule has 1 atom stereocenters. The van der Waals surface area contributed by atoms with Crippen LogP contribution in [0.15, 0.2) is 0 Å². The van der Waals surface area contributed by atoms with Gasteiger partial charge in [-0.05, 0) is 26.3 Å². The molecule has 0 aliphatic heterocycles. The Morgan fingerprint density at radius 1 is 1.20 bits per heavy atom. The molecule has 0 aromatic carbocycles. The lowest BCUT2D eigenvalue weighted by atomic mass is 9.94. The molecule has 0 fully saturated rings. The quantitative estimate of drug-likeness (QED) is 0.596. The highest BCUT2D eigenvalue weighted by Gasteiger charge is 2.18. The molecule has 92 valence electrons. The molecule has 0 spiro atoms. The average molecular weight is 215 g/mol. The van der Waals surface area contributed by atoms with E-state index in [1.807, 2.05) is 0 Å². The monoisotopic (exact) mass is 215 g/mol. The van der Waals surface area contributed by atoms with Crippen LogP contribution in [0.5, 0.6) is 0 Å². The first-order chi connectivity index (χ1) is 7.02. The minimum atomic E-state index is 0.247. The third kappa shape index (κ3) is 8.88. The first-order valence-electron chi connectivity index (χ1n) is 6.34. The van der Waals surface area contributed by atoms with Crippen LogP contribution < -0.4 is 5.32 Å². The van der Waals surface area contributed by atoms with E-state index in [1.54, 1.807) is 0 Å². The van der Waals surface area contributed by atoms with Crippen molar-refractivity contribution in [3.8, 4) is 0 Å². The Morgan fingerprint density at radius 3 is 2.40 bits per heavy atom. The van der Waals surface area contributed by atoms with Gasteiger partial charge in [0.05, 0.1) is 12.7 Å². The van der Waals surface area contributed by atoms with Crippen molar-refractivity contribution in [3.63, 3.8) is 0 Å². The number of ether oxygens (including phenoxy) is 1. The van der Waals surface area contributed by atoms with Crippen LogP contribution in [0.3, 0.4) is 0 Å². The fourth-order valence-corrected chi connectivity index (χ4v) is 1.51. The summed E-state index contributed by atoms with van der Waals surface area (Å²) >= 11 is 0. The Labute approximate surface area is 95.8 Å². The molecule has 0 radical (unpaired) electrons. The van der Waals surface area contributed by atoms with E-state index < -0.39 is 0 Å². The Bertz CT molecular complexity index is 145. The Kier molecular flexibility index (Phi) is 8.07. The highest BCUT2D eigenvalue weighted by atomic mass is 16.5. The Morgan fingerprint density at radius 2 is 1.87 bits per heavy atom. The minimum absolute atomic E-state index is 0.247. The predicted molar refractivity (Wildman–Crippen MR) is 67.3 cm³/mol. The summed E-state index contributed by atoms with van der Waals surface area (Å²) in [4.78, 5) is 0. The van der Waals surface area contributed by atoms with E-state index in [1.165, 1.54) is 19.3 Å². The lowest BCUT2D eigenvalue weighted by molar-refractivity contribution is 0.00830. The molecule has 0 heterocycles. The fourth-order valence-electron chi connectivity index (χ4n) is 1.51. The molecule has 0 aromatic rings. The van der Waals surface area contributed by atoms with E-state index in [4.69, 9.17) is 4.74 Å². The van der Waals surface area contributed by atoms with Gasteiger partial charge in [0, 0.05) is 12.0 Å². The van der Waals surface area contributed by atoms with Gasteiger partial charge in [0.25, 0.3) is 0 Å². The molecule has 1 unspecified atom stereocenters. The van der Waals surface area contributed by atoms with Gasteiger partial charge in [-0.1, -0.05) is 34.1 Å². The zero-order valence-electron chi connectivity index (χ0n) is 11.2. The summed E-state index contributed by atoms with van der Waals surface area (Å²) in [6.45, 7) is 14.1. The molecule has 0 aliphatic carbocycles. The third-order valence-corrected chi connectivity index (χ3v) is 2.48. The second-order valence-electron chi connectivity index (χ2n) is 5.25. The molecule has 0 amide bonds. The summed E-state index contributed by atoms with van der Waals surface area (Å²) in [6.07, 6.45) is 3.97. The summed E-state index contributed by atoms with van der Waals surface area (Å²) in [7, 11) is 0. The molecule has 0 rings (SSSR count). The number of rotatable bonds is 9. The van der Waals surface area contributed by atoms with E-state index in [0.717, 1.165) is 19.7 Å². The smallest absolute Gasteiger partial charge is 0.0547 e. The topological polar surface area (TPSA) is 21.3 Å². The van der Waals surface area contributed by atoms with Gasteiger partial charge >= 0.3 is 0 Å². The normalized spacial score (nSPS) is 14.2. The average Bonchev–Trinajstić information content (AvgIpc) is 2.16. The summed E-state index contributed by atoms with van der Waals surface area (Å²) in [5.41, 5.74) is 0.247. The second kappa shape index (κ2) is 8.12. The van der Waals surface area contributed by atoms with E-state index in [2.05, 4.69) is 39.9 Å². The van der Waals surface area contributed by atoms with E-state index >= 15 is 0 Å². The SMILES string of the molecule is CCCNCC(C)(C)COC(C)CCC. The van der Waals surface area contributed by atoms with E-state index in [0.29, 0.717) is 6.10 Å². The third-order valence-electron chi connectivity index (χ3n) is 2.48. The molecule has 0 aliphatic rings. The molecule has 0 saturated heterocycles. The van der Waals surface area contributed by atoms with Gasteiger partial charge in [-0.25, -0.2) is 0 Å². The zero-order valence-corrected chi connectivity index (χ0v) is 11.2. The van der Waals surface area contributed by atoms with Crippen molar-refractivity contribution in [1.29, 1.82) is 0 Å². The molecular formula is C13H29NO. The van der Waals surface area contributed by atoms with Crippen LogP contribution in [-0.4, -0.2) is 25.8 Å². The largest absolute Gasteiger partial charge is 0.378 e. The van der Waals surface area contributed by atoms with Crippen molar-refractivity contribution in [2.75, 3.05) is 19.7 Å². The number of hydrogen-bond donors (Lipinski definition) is 1. The van der Waals surface area contributed by atoms with Crippen LogP contribution in [0.2, 0.25) is 0 Å². The molecule has 2 heteroatoms. The highest BCUT2D eigenvalue weighted by Crippen LogP contribution is 2.16. The van der Waals surface area contributed by atoms with Gasteiger partial charge in [0.1, 0.15) is 0 Å². The van der Waals surface area contributed by atoms with Gasteiger partial charge in [0.2, 0.25) is 0 Å². The van der Waals surface area contributed by atoms with Gasteiger partial charge in [-0.2, -0.15) is 0 Å². The molecule has 0 saturated carbocycles. The van der Waals surface area contributed by atoms with Gasteiger partial charge in [-0.3, -0.25) is 0 Å². The number of nitrogens with one attached hydrogen (secondary N) is 1. The van der Waals surface area contributed by atoms with Crippen molar-refractivity contribution < 1.29 is 4.74 Å². The Balaban J connectivity index is 3.62. The first-order valence-corrected chi connectivity index (χ1v) is 6.34. The lowest BCUT2D eigenvalue weighted by Gasteiger charge is -2.26. The van der Waals surface area contributed by atoms with Crippen LogP contribution in [0.1, 0.15) is 53.9 Å². The van der Waals surface area contributed by atoms with Crippen LogP contribution in [0, 0.1) is 5.41 Å². The van der Waals surface area contributed by atoms with E-state index in [9.17, 15) is 0 Å². The molecule has 1 N–H and O–H groups in total. The van der Waals surface area contributed by atoms with Crippen molar-refractivity contribution in [1.82, 2.24) is 5.32 Å². The van der Waals surface area contributed by atoms with Gasteiger partial charge in [0.15, 0.2) is 0 Å². The molecule has 0 bridgehead atoms. The second-order valence-corrected chi connectivity index (χ2v) is 5.25. The highest BCUT2D eigenvalue weighted by molar-refractivity contribution is 4.71. The van der Waals surface area contributed by atoms with E-state index in [-0.39, 0.29) is 5.41 Å². The fraction of sp³-hybridized carbons (Fsp3) is 1.00. The Hall–Kier alpha value is -0.0800. The van der Waals surface area contributed by atoms with Gasteiger partial charge in [-0.15, -0.1) is 0 Å². The maximum Gasteiger partial charge on any atom is 0.0547 e. The van der Waals surface area contributed by atoms with Crippen LogP contribution in [-0.2, 0) is 4.74 Å². The minimum Gasteiger partial charge on any atom is -0.378 e. The number of hydrogen-bond acceptors (Lipinski definition) is 2. The first kappa shape index (κ1) is 14.9. The molecule has 0 aromatic heterocycles. The van der Waals surface area contributed by atoms with Crippen molar-refractivity contribution in [2.45, 2.75) is 60.0 Å². The predicted octanol–water partition coefficient (Wildman–Crippen LogP) is 3.22. The van der Waals surface area contributed by atoms with Crippen LogP contribution >= 0.6 is 0 Å². The lowest BCUT2D eigenvalue weighted by Crippen LogP contribution is -2.34. The maximum absolute atomic E-state index is 5.84. The maximum atomic E-state index is 5.84. The molecule has 15 heavy (non-hydrogen) atoms. The molecule has 2 nitrogen and oxygen atoms in total. The van der Waals surface area contributed by atoms with Crippen LogP contribution in [0.25, 0.3) is 0 Å². The summed E-state index contributed by atoms with van der Waals surface area (Å²) in [6, 6.07) is 0. The van der Waals surface area contributed by atoms with Crippen molar-refractivity contribution >= 4 is 0 Å².